The Morgan fingerprint density at radius 3 is 1.79 bits per heavy atom. The van der Waals surface area contributed by atoms with Gasteiger partial charge in [0.1, 0.15) is 0 Å². The molecule has 0 saturated heterocycles. The maximum atomic E-state index is 12.6. The zero-order valence-corrected chi connectivity index (χ0v) is 24.1. The molecule has 3 amide bonds. The summed E-state index contributed by atoms with van der Waals surface area (Å²) in [7, 11) is 1.68. The van der Waals surface area contributed by atoms with Crippen LogP contribution in [0, 0.1) is 0 Å². The molecular formula is C25H50N8O5. The summed E-state index contributed by atoms with van der Waals surface area (Å²) in [6.45, 7) is 12.2. The van der Waals surface area contributed by atoms with Crippen molar-refractivity contribution in [3.8, 4) is 0 Å². The third-order valence-corrected chi connectivity index (χ3v) is 6.80. The van der Waals surface area contributed by atoms with Crippen LogP contribution in [0.15, 0.2) is 10.3 Å². The van der Waals surface area contributed by atoms with Gasteiger partial charge in [-0.25, -0.2) is 0 Å². The summed E-state index contributed by atoms with van der Waals surface area (Å²) in [5, 5.41) is 40.1. The van der Waals surface area contributed by atoms with Crippen LogP contribution in [0.1, 0.15) is 80.1 Å². The Kier molecular flexibility index (Phi) is 16.4. The van der Waals surface area contributed by atoms with Crippen LogP contribution in [-0.2, 0) is 14.4 Å². The molecule has 0 fully saturated rings. The van der Waals surface area contributed by atoms with E-state index in [9.17, 15) is 14.4 Å². The number of rotatable bonds is 20. The van der Waals surface area contributed by atoms with Gasteiger partial charge < -0.3 is 42.7 Å². The van der Waals surface area contributed by atoms with E-state index in [4.69, 9.17) is 16.1 Å². The lowest BCUT2D eigenvalue weighted by atomic mass is 9.98. The molecule has 0 aromatic carbocycles. The van der Waals surface area contributed by atoms with Crippen LogP contribution < -0.4 is 32.3 Å². The van der Waals surface area contributed by atoms with Crippen molar-refractivity contribution in [1.82, 2.24) is 26.6 Å². The summed E-state index contributed by atoms with van der Waals surface area (Å²) in [5.74, 6) is -0.704. The fourth-order valence-electron chi connectivity index (χ4n) is 3.36. The normalized spacial score (nSPS) is 13.9. The molecule has 0 aliphatic carbocycles. The SMILES string of the molecule is CN[C@@H](CCCCNC(=O)CCCC(=O)NC(CNC(C)(C)/C(C)=N/O)CNC(C)(C)/C(C)=N/O)C(N)=O. The number of hydrogen-bond donors (Lipinski definition) is 8. The van der Waals surface area contributed by atoms with Gasteiger partial charge in [-0.2, -0.15) is 0 Å². The summed E-state index contributed by atoms with van der Waals surface area (Å²) < 4.78 is 0. The number of unbranched alkanes of at least 4 members (excludes halogenated alkanes) is 1. The third kappa shape index (κ3) is 14.2. The fraction of sp³-hybridized carbons (Fsp3) is 0.800. The zero-order chi connectivity index (χ0) is 29.4. The maximum absolute atomic E-state index is 12.6. The van der Waals surface area contributed by atoms with Crippen LogP contribution >= 0.6 is 0 Å². The molecule has 0 spiro atoms. The molecule has 1 atom stereocenters. The van der Waals surface area contributed by atoms with Crippen molar-refractivity contribution in [2.45, 2.75) is 103 Å². The lowest BCUT2D eigenvalue weighted by molar-refractivity contribution is -0.123. The summed E-state index contributed by atoms with van der Waals surface area (Å²) in [4.78, 5) is 36.0. The molecule has 0 aliphatic rings. The summed E-state index contributed by atoms with van der Waals surface area (Å²) >= 11 is 0. The van der Waals surface area contributed by atoms with Crippen molar-refractivity contribution >= 4 is 29.1 Å². The molecule has 38 heavy (non-hydrogen) atoms. The van der Waals surface area contributed by atoms with Gasteiger partial charge >= 0.3 is 0 Å². The van der Waals surface area contributed by atoms with Gasteiger partial charge in [-0.3, -0.25) is 14.4 Å². The Morgan fingerprint density at radius 2 is 1.34 bits per heavy atom. The molecule has 13 heteroatoms. The Hall–Kier alpha value is -2.77. The molecule has 9 N–H and O–H groups in total. The molecule has 0 aromatic rings. The van der Waals surface area contributed by atoms with Crippen LogP contribution in [0.5, 0.6) is 0 Å². The van der Waals surface area contributed by atoms with Gasteiger partial charge in [0, 0.05) is 32.5 Å². The second-order valence-electron chi connectivity index (χ2n) is 10.6. The van der Waals surface area contributed by atoms with Gasteiger partial charge in [0.25, 0.3) is 0 Å². The quantitative estimate of drug-likeness (QED) is 0.0468. The molecule has 220 valence electrons. The first-order chi connectivity index (χ1) is 17.7. The average Bonchev–Trinajstić information content (AvgIpc) is 2.86. The van der Waals surface area contributed by atoms with E-state index in [0.717, 1.165) is 12.8 Å². The highest BCUT2D eigenvalue weighted by atomic mass is 16.4. The number of amides is 3. The average molecular weight is 543 g/mol. The molecule has 0 rings (SSSR count). The Bertz CT molecular complexity index is 780. The van der Waals surface area contributed by atoms with E-state index < -0.39 is 11.1 Å². The Balaban J connectivity index is 4.69. The Labute approximate surface area is 226 Å². The number of primary amides is 1. The highest BCUT2D eigenvalue weighted by Gasteiger charge is 2.26. The molecule has 0 aromatic heterocycles. The zero-order valence-electron chi connectivity index (χ0n) is 24.1. The summed E-state index contributed by atoms with van der Waals surface area (Å²) in [6.07, 6.45) is 2.91. The molecule has 0 unspecified atom stereocenters. The van der Waals surface area contributed by atoms with Crippen LogP contribution in [0.4, 0.5) is 0 Å². The first kappa shape index (κ1) is 35.2. The van der Waals surface area contributed by atoms with Crippen LogP contribution in [0.3, 0.4) is 0 Å². The van der Waals surface area contributed by atoms with E-state index in [1.54, 1.807) is 20.9 Å². The smallest absolute Gasteiger partial charge is 0.234 e. The Morgan fingerprint density at radius 1 is 0.842 bits per heavy atom. The topological polar surface area (TPSA) is 203 Å². The molecule has 0 heterocycles. The number of carbonyl (C=O) groups excluding carboxylic acids is 3. The van der Waals surface area contributed by atoms with Crippen molar-refractivity contribution in [2.24, 2.45) is 16.0 Å². The summed E-state index contributed by atoms with van der Waals surface area (Å²) in [5.41, 5.74) is 5.10. The predicted molar refractivity (Wildman–Crippen MR) is 149 cm³/mol. The fourth-order valence-corrected chi connectivity index (χ4v) is 3.36. The first-order valence-corrected chi connectivity index (χ1v) is 13.1. The number of nitrogens with one attached hydrogen (secondary N) is 5. The predicted octanol–water partition coefficient (Wildman–Crippen LogP) is 0.438. The van der Waals surface area contributed by atoms with Gasteiger partial charge in [0.15, 0.2) is 0 Å². The molecule has 0 bridgehead atoms. The van der Waals surface area contributed by atoms with Crippen molar-refractivity contribution in [3.63, 3.8) is 0 Å². The van der Waals surface area contributed by atoms with Crippen molar-refractivity contribution in [1.29, 1.82) is 0 Å². The minimum Gasteiger partial charge on any atom is -0.411 e. The number of likely N-dealkylation sites (N-methyl/N-ethyl adjacent to an activating group) is 1. The standard InChI is InChI=1S/C25H50N8O5/c1-17(32-37)24(3,4)29-15-19(16-30-25(5,6)18(2)33-38)31-22(35)13-10-12-21(34)28-14-9-8-11-20(27-7)23(26)36/h19-20,27,29-30,37-38H,8-16H2,1-7H3,(H2,26,36)(H,28,34)(H,31,35)/b32-17+,33-18+/t20-/m0/s1. The van der Waals surface area contributed by atoms with E-state index in [1.165, 1.54) is 0 Å². The van der Waals surface area contributed by atoms with Gasteiger partial charge in [-0.1, -0.05) is 10.3 Å². The molecular weight excluding hydrogens is 492 g/mol. The number of nitrogens with zero attached hydrogens (tertiary/aromatic N) is 2. The van der Waals surface area contributed by atoms with E-state index in [2.05, 4.69) is 36.9 Å². The van der Waals surface area contributed by atoms with Crippen molar-refractivity contribution < 1.29 is 24.8 Å². The second-order valence-corrected chi connectivity index (χ2v) is 10.6. The highest BCUT2D eigenvalue weighted by Crippen LogP contribution is 2.08. The summed E-state index contributed by atoms with van der Waals surface area (Å²) in [6, 6.07) is -0.691. The number of oxime groups is 2. The van der Waals surface area contributed by atoms with Gasteiger partial charge in [-0.15, -0.1) is 0 Å². The largest absolute Gasteiger partial charge is 0.411 e. The van der Waals surface area contributed by atoms with Crippen LogP contribution in [-0.4, -0.2) is 89.4 Å². The van der Waals surface area contributed by atoms with E-state index in [-0.39, 0.29) is 42.6 Å². The van der Waals surface area contributed by atoms with Crippen molar-refractivity contribution in [3.05, 3.63) is 0 Å². The maximum Gasteiger partial charge on any atom is 0.234 e. The van der Waals surface area contributed by atoms with E-state index in [0.29, 0.717) is 43.9 Å². The lowest BCUT2D eigenvalue weighted by Crippen LogP contribution is -2.57. The first-order valence-electron chi connectivity index (χ1n) is 13.1. The minimum atomic E-state index is -0.596. The minimum absolute atomic E-state index is 0.126. The highest BCUT2D eigenvalue weighted by molar-refractivity contribution is 5.90. The van der Waals surface area contributed by atoms with Gasteiger partial charge in [0.05, 0.1) is 34.6 Å². The molecule has 0 radical (unpaired) electrons. The van der Waals surface area contributed by atoms with Crippen molar-refractivity contribution in [2.75, 3.05) is 26.7 Å². The number of carbonyl (C=O) groups is 3. The monoisotopic (exact) mass is 542 g/mol. The molecule has 0 saturated carbocycles. The third-order valence-electron chi connectivity index (χ3n) is 6.80. The second kappa shape index (κ2) is 17.7. The molecule has 0 aliphatic heterocycles. The lowest BCUT2D eigenvalue weighted by Gasteiger charge is -2.32. The van der Waals surface area contributed by atoms with Gasteiger partial charge in [0.2, 0.25) is 17.7 Å². The number of nitrogens with two attached hydrogens (primary N) is 1. The van der Waals surface area contributed by atoms with E-state index in [1.807, 2.05) is 27.7 Å². The van der Waals surface area contributed by atoms with E-state index >= 15 is 0 Å². The van der Waals surface area contributed by atoms with Crippen LogP contribution in [0.2, 0.25) is 0 Å². The van der Waals surface area contributed by atoms with Gasteiger partial charge in [-0.05, 0) is 74.3 Å². The number of hydrogen-bond acceptors (Lipinski definition) is 10. The van der Waals surface area contributed by atoms with Crippen LogP contribution in [0.25, 0.3) is 0 Å². The molecule has 13 nitrogen and oxygen atoms in total.